The molecule has 0 N–H and O–H groups in total. The van der Waals surface area contributed by atoms with Crippen molar-refractivity contribution >= 4 is 61.2 Å². The number of fused-ring (bicyclic) bond motifs is 5. The molecule has 67 heavy (non-hydrogen) atoms. The van der Waals surface area contributed by atoms with Gasteiger partial charge in [0.05, 0.1) is 27.6 Å². The van der Waals surface area contributed by atoms with Crippen molar-refractivity contribution in [1.29, 1.82) is 0 Å². The molecular formula is C62H43N5. The summed E-state index contributed by atoms with van der Waals surface area (Å²) < 4.78 is 4.60. The molecule has 9 aromatic carbocycles. The van der Waals surface area contributed by atoms with E-state index in [2.05, 4.69) is 186 Å². The Kier molecular flexibility index (Phi) is 9.80. The third-order valence-electron chi connectivity index (χ3n) is 12.9. The molecule has 5 heteroatoms. The van der Waals surface area contributed by atoms with Crippen LogP contribution in [0, 0.1) is 0 Å². The van der Waals surface area contributed by atoms with Crippen molar-refractivity contribution in [2.45, 2.75) is 6.92 Å². The van der Waals surface area contributed by atoms with Crippen molar-refractivity contribution in [2.24, 2.45) is 0 Å². The van der Waals surface area contributed by atoms with Crippen LogP contribution in [-0.2, 0) is 0 Å². The zero-order valence-corrected chi connectivity index (χ0v) is 36.9. The Morgan fingerprint density at radius 3 is 1.51 bits per heavy atom. The van der Waals surface area contributed by atoms with Gasteiger partial charge in [0.25, 0.3) is 0 Å². The van der Waals surface area contributed by atoms with Gasteiger partial charge in [0.1, 0.15) is 0 Å². The van der Waals surface area contributed by atoms with Gasteiger partial charge in [-0.2, -0.15) is 9.97 Å². The van der Waals surface area contributed by atoms with E-state index in [0.29, 0.717) is 17.6 Å². The first-order valence-electron chi connectivity index (χ1n) is 22.7. The first kappa shape index (κ1) is 39.6. The van der Waals surface area contributed by atoms with Crippen LogP contribution in [0.4, 0.5) is 0 Å². The summed E-state index contributed by atoms with van der Waals surface area (Å²) in [7, 11) is 0. The number of benzene rings is 9. The molecule has 0 saturated heterocycles. The third kappa shape index (κ3) is 7.02. The SMILES string of the molecule is C=C(/C=c1\c(=C/C)n(-c2nc(-c3ccccc3)nc(-c3ccccc3)n2)c2ccc(-c3ccccc3)cc12)c1ccc2c(c1)c1cc(-c3ccccc3)ccc1n2-c1cccc2ccccc12. The van der Waals surface area contributed by atoms with Gasteiger partial charge in [-0.25, -0.2) is 4.98 Å². The molecule has 0 atom stereocenters. The maximum atomic E-state index is 5.21. The van der Waals surface area contributed by atoms with Gasteiger partial charge in [0, 0.05) is 37.9 Å². The first-order chi connectivity index (χ1) is 33.1. The molecule has 316 valence electrons. The second-order valence-corrected chi connectivity index (χ2v) is 16.9. The summed E-state index contributed by atoms with van der Waals surface area (Å²) in [5, 5.41) is 7.83. The highest BCUT2D eigenvalue weighted by Gasteiger charge is 2.19. The zero-order valence-electron chi connectivity index (χ0n) is 36.9. The summed E-state index contributed by atoms with van der Waals surface area (Å²) in [6, 6.07) is 77.0. The Labute approximate surface area is 388 Å². The molecule has 12 rings (SSSR count). The summed E-state index contributed by atoms with van der Waals surface area (Å²) in [5.41, 5.74) is 12.8. The van der Waals surface area contributed by atoms with E-state index in [4.69, 9.17) is 21.5 Å². The van der Waals surface area contributed by atoms with Crippen LogP contribution in [0.2, 0.25) is 0 Å². The Morgan fingerprint density at radius 1 is 0.418 bits per heavy atom. The van der Waals surface area contributed by atoms with E-state index in [-0.39, 0.29) is 0 Å². The van der Waals surface area contributed by atoms with E-state index in [0.717, 1.165) is 77.0 Å². The second kappa shape index (κ2) is 16.6. The molecule has 0 saturated carbocycles. The van der Waals surface area contributed by atoms with Crippen LogP contribution in [0.25, 0.3) is 118 Å². The molecule has 0 aliphatic carbocycles. The minimum Gasteiger partial charge on any atom is -0.309 e. The largest absolute Gasteiger partial charge is 0.309 e. The van der Waals surface area contributed by atoms with Crippen LogP contribution < -0.4 is 10.6 Å². The lowest BCUT2D eigenvalue weighted by molar-refractivity contribution is 0.910. The summed E-state index contributed by atoms with van der Waals surface area (Å²) in [4.78, 5) is 15.4. The van der Waals surface area contributed by atoms with Gasteiger partial charge in [0.2, 0.25) is 5.95 Å². The highest BCUT2D eigenvalue weighted by molar-refractivity contribution is 6.13. The van der Waals surface area contributed by atoms with Crippen LogP contribution in [-0.4, -0.2) is 24.1 Å². The molecule has 0 bridgehead atoms. The van der Waals surface area contributed by atoms with Crippen LogP contribution in [0.1, 0.15) is 12.5 Å². The zero-order chi connectivity index (χ0) is 44.8. The molecule has 0 aliphatic heterocycles. The van der Waals surface area contributed by atoms with Gasteiger partial charge < -0.3 is 4.57 Å². The van der Waals surface area contributed by atoms with Gasteiger partial charge in [0.15, 0.2) is 11.6 Å². The average Bonchev–Trinajstić information content (AvgIpc) is 3.90. The Morgan fingerprint density at radius 2 is 0.910 bits per heavy atom. The molecule has 3 heterocycles. The van der Waals surface area contributed by atoms with Crippen molar-refractivity contribution in [3.8, 4) is 56.7 Å². The Balaban J connectivity index is 1.09. The highest BCUT2D eigenvalue weighted by Crippen LogP contribution is 2.38. The van der Waals surface area contributed by atoms with Crippen LogP contribution >= 0.6 is 0 Å². The molecule has 0 spiro atoms. The molecule has 3 aromatic heterocycles. The van der Waals surface area contributed by atoms with Gasteiger partial charge >= 0.3 is 0 Å². The van der Waals surface area contributed by atoms with E-state index >= 15 is 0 Å². The number of rotatable bonds is 8. The predicted molar refractivity (Wildman–Crippen MR) is 280 cm³/mol. The fourth-order valence-corrected chi connectivity index (χ4v) is 9.65. The molecule has 0 aliphatic rings. The van der Waals surface area contributed by atoms with Crippen LogP contribution in [0.5, 0.6) is 0 Å². The maximum Gasteiger partial charge on any atom is 0.238 e. The smallest absolute Gasteiger partial charge is 0.238 e. The van der Waals surface area contributed by atoms with Crippen LogP contribution in [0.3, 0.4) is 0 Å². The Hall–Kier alpha value is -8.93. The molecule has 0 radical (unpaired) electrons. The number of nitrogens with zero attached hydrogens (tertiary/aromatic N) is 5. The summed E-state index contributed by atoms with van der Waals surface area (Å²) in [6.07, 6.45) is 4.39. The van der Waals surface area contributed by atoms with E-state index in [1.807, 2.05) is 60.7 Å². The van der Waals surface area contributed by atoms with Gasteiger partial charge in [-0.3, -0.25) is 4.57 Å². The van der Waals surface area contributed by atoms with Crippen molar-refractivity contribution in [2.75, 3.05) is 0 Å². The highest BCUT2D eigenvalue weighted by atomic mass is 15.2. The van der Waals surface area contributed by atoms with Crippen molar-refractivity contribution in [1.82, 2.24) is 24.1 Å². The predicted octanol–water partition coefficient (Wildman–Crippen LogP) is 14.0. The van der Waals surface area contributed by atoms with Gasteiger partial charge in [-0.15, -0.1) is 0 Å². The van der Waals surface area contributed by atoms with Gasteiger partial charge in [-0.1, -0.05) is 189 Å². The maximum absolute atomic E-state index is 5.21. The minimum atomic E-state index is 0.542. The summed E-state index contributed by atoms with van der Waals surface area (Å²) in [6.45, 7) is 6.89. The summed E-state index contributed by atoms with van der Waals surface area (Å²) >= 11 is 0. The second-order valence-electron chi connectivity index (χ2n) is 16.9. The van der Waals surface area contributed by atoms with E-state index in [1.165, 1.54) is 27.3 Å². The standard InChI is InChI=1S/C62H43N5/c1-3-55-51(53-39-49(43-21-10-5-11-22-43)33-36-59(53)67(55)62-64-60(45-24-12-6-13-25-45)63-61(65-62)46-26-14-7-15-27-46)37-41(2)47-31-34-57-52(38-47)54-40-48(42-19-8-4-9-20-42)32-35-58(54)66(57)56-30-18-28-44-23-16-17-29-50(44)56/h3-40H,2H2,1H3/b51-37-,55-3+. The number of hydrogen-bond donors (Lipinski definition) is 0. The first-order valence-corrected chi connectivity index (χ1v) is 22.7. The fourth-order valence-electron chi connectivity index (χ4n) is 9.65. The molecular weight excluding hydrogens is 815 g/mol. The van der Waals surface area contributed by atoms with E-state index in [9.17, 15) is 0 Å². The lowest BCUT2D eigenvalue weighted by Crippen LogP contribution is -2.29. The lowest BCUT2D eigenvalue weighted by atomic mass is 9.99. The summed E-state index contributed by atoms with van der Waals surface area (Å²) in [5.74, 6) is 1.76. The topological polar surface area (TPSA) is 48.5 Å². The van der Waals surface area contributed by atoms with Crippen molar-refractivity contribution in [3.05, 3.63) is 241 Å². The third-order valence-corrected chi connectivity index (χ3v) is 12.9. The monoisotopic (exact) mass is 857 g/mol. The van der Waals surface area contributed by atoms with Gasteiger partial charge in [-0.05, 0) is 94.2 Å². The molecule has 5 nitrogen and oxygen atoms in total. The average molecular weight is 858 g/mol. The molecule has 0 unspecified atom stereocenters. The minimum absolute atomic E-state index is 0.542. The quantitative estimate of drug-likeness (QED) is 0.153. The molecule has 0 fully saturated rings. The van der Waals surface area contributed by atoms with E-state index < -0.39 is 0 Å². The number of allylic oxidation sites excluding steroid dienone is 1. The van der Waals surface area contributed by atoms with Crippen molar-refractivity contribution in [3.63, 3.8) is 0 Å². The van der Waals surface area contributed by atoms with Crippen molar-refractivity contribution < 1.29 is 0 Å². The lowest BCUT2D eigenvalue weighted by Gasteiger charge is -2.12. The fraction of sp³-hybridized carbons (Fsp3) is 0.0161. The normalized spacial score (nSPS) is 12.2. The number of aromatic nitrogens is 5. The number of hydrogen-bond acceptors (Lipinski definition) is 3. The Bertz CT molecular complexity index is 3920. The molecule has 12 aromatic rings. The van der Waals surface area contributed by atoms with Crippen LogP contribution in [0.15, 0.2) is 225 Å². The van der Waals surface area contributed by atoms with E-state index in [1.54, 1.807) is 0 Å². The molecule has 0 amide bonds.